The first-order valence-corrected chi connectivity index (χ1v) is 10.5. The summed E-state index contributed by atoms with van der Waals surface area (Å²) in [4.78, 5) is 20.2. The van der Waals surface area contributed by atoms with Crippen LogP contribution in [0.4, 0.5) is 0 Å². The topological polar surface area (TPSA) is 45.2 Å². The molecule has 3 nitrogen and oxygen atoms in total. The van der Waals surface area contributed by atoms with Crippen LogP contribution in [0, 0.1) is 5.92 Å². The number of nitrogens with one attached hydrogen (secondary N) is 1. The molecular formula is C26H26N2O. The number of aliphatic imine (C=N–C) groups is 1. The number of aromatic nitrogens is 1. The van der Waals surface area contributed by atoms with Crippen LogP contribution in [0.2, 0.25) is 0 Å². The number of H-pyrrole nitrogens is 1. The van der Waals surface area contributed by atoms with Crippen LogP contribution in [-0.2, 0) is 18.4 Å². The van der Waals surface area contributed by atoms with Gasteiger partial charge in [0.15, 0.2) is 0 Å². The van der Waals surface area contributed by atoms with Crippen molar-refractivity contribution in [2.45, 2.75) is 45.1 Å². The van der Waals surface area contributed by atoms with Crippen LogP contribution in [0.15, 0.2) is 75.6 Å². The Morgan fingerprint density at radius 3 is 2.90 bits per heavy atom. The quantitative estimate of drug-likeness (QED) is 0.567. The summed E-state index contributed by atoms with van der Waals surface area (Å²) in [5, 5.41) is 0. The number of pyridine rings is 1. The van der Waals surface area contributed by atoms with Crippen LogP contribution in [0.5, 0.6) is 0 Å². The fourth-order valence-electron chi connectivity index (χ4n) is 5.54. The molecule has 2 bridgehead atoms. The summed E-state index contributed by atoms with van der Waals surface area (Å²) in [6, 6.07) is 12.3. The van der Waals surface area contributed by atoms with Gasteiger partial charge in [0.25, 0.3) is 0 Å². The number of benzene rings is 1. The van der Waals surface area contributed by atoms with Crippen LogP contribution in [-0.4, -0.2) is 11.2 Å². The van der Waals surface area contributed by atoms with Crippen molar-refractivity contribution >= 4 is 11.8 Å². The number of hydrogen-bond acceptors (Lipinski definition) is 2. The molecule has 1 aromatic carbocycles. The Hall–Kier alpha value is -2.94. The third kappa shape index (κ3) is 2.88. The van der Waals surface area contributed by atoms with Crippen molar-refractivity contribution in [3.05, 3.63) is 98.5 Å². The van der Waals surface area contributed by atoms with Gasteiger partial charge in [-0.15, -0.1) is 0 Å². The molecule has 1 N–H and O–H groups in total. The van der Waals surface area contributed by atoms with Gasteiger partial charge in [-0.05, 0) is 67.5 Å². The minimum Gasteiger partial charge on any atom is -0.326 e. The molecule has 3 aliphatic rings. The number of hydrogen-bond donors (Lipinski definition) is 1. The molecule has 1 heterocycles. The number of aromatic amines is 1. The molecule has 29 heavy (non-hydrogen) atoms. The Kier molecular flexibility index (Phi) is 4.27. The van der Waals surface area contributed by atoms with Crippen molar-refractivity contribution in [1.82, 2.24) is 4.98 Å². The monoisotopic (exact) mass is 382 g/mol. The highest BCUT2D eigenvalue weighted by Gasteiger charge is 2.46. The minimum absolute atomic E-state index is 0.0322. The molecule has 0 saturated heterocycles. The number of rotatable bonds is 2. The fourth-order valence-corrected chi connectivity index (χ4v) is 5.54. The normalized spacial score (nSPS) is 27.9. The van der Waals surface area contributed by atoms with Crippen LogP contribution in [0.3, 0.4) is 0 Å². The lowest BCUT2D eigenvalue weighted by atomic mass is 9.63. The molecule has 5 rings (SSSR count). The molecule has 0 amide bonds. The molecule has 2 unspecified atom stereocenters. The first-order valence-electron chi connectivity index (χ1n) is 10.5. The van der Waals surface area contributed by atoms with Crippen molar-refractivity contribution in [3.63, 3.8) is 0 Å². The number of aryl methyl sites for hydroxylation is 1. The van der Waals surface area contributed by atoms with Crippen molar-refractivity contribution in [2.24, 2.45) is 10.9 Å². The summed E-state index contributed by atoms with van der Waals surface area (Å²) in [7, 11) is 0. The maximum Gasteiger partial charge on any atom is 0.248 e. The third-order valence-electron chi connectivity index (χ3n) is 6.68. The summed E-state index contributed by atoms with van der Waals surface area (Å²) >= 11 is 0. The Labute approximate surface area is 171 Å². The van der Waals surface area contributed by atoms with E-state index in [0.29, 0.717) is 5.92 Å². The summed E-state index contributed by atoms with van der Waals surface area (Å²) in [5.74, 6) is 0.302. The van der Waals surface area contributed by atoms with Gasteiger partial charge >= 0.3 is 0 Å². The second-order valence-corrected chi connectivity index (χ2v) is 8.45. The van der Waals surface area contributed by atoms with E-state index >= 15 is 0 Å². The predicted molar refractivity (Wildman–Crippen MR) is 119 cm³/mol. The molecular weight excluding hydrogens is 356 g/mol. The van der Waals surface area contributed by atoms with Crippen LogP contribution in [0.25, 0.3) is 5.57 Å². The lowest BCUT2D eigenvalue weighted by Gasteiger charge is -2.45. The molecule has 0 fully saturated rings. The Morgan fingerprint density at radius 1 is 1.17 bits per heavy atom. The van der Waals surface area contributed by atoms with Crippen LogP contribution < -0.4 is 5.56 Å². The van der Waals surface area contributed by atoms with Gasteiger partial charge in [-0.1, -0.05) is 42.0 Å². The average molecular weight is 383 g/mol. The minimum atomic E-state index is -0.411. The van der Waals surface area contributed by atoms with Gasteiger partial charge in [-0.25, -0.2) is 0 Å². The SMILES string of the molecule is C/C=C1\C2C=C(C)CC1(N=C/C=C1/CCc3ccccc31)c1ccc(=O)[nH]c1C2. The van der Waals surface area contributed by atoms with Gasteiger partial charge in [-0.2, -0.15) is 0 Å². The first kappa shape index (κ1) is 18.1. The zero-order valence-electron chi connectivity index (χ0n) is 17.0. The van der Waals surface area contributed by atoms with Gasteiger partial charge in [0.2, 0.25) is 5.56 Å². The van der Waals surface area contributed by atoms with E-state index in [9.17, 15) is 4.79 Å². The molecule has 0 saturated carbocycles. The number of fused-ring (bicyclic) bond motifs is 5. The summed E-state index contributed by atoms with van der Waals surface area (Å²) in [6.07, 6.45) is 12.7. The second-order valence-electron chi connectivity index (χ2n) is 8.45. The molecule has 3 aliphatic carbocycles. The molecule has 1 aromatic heterocycles. The molecule has 0 aliphatic heterocycles. The van der Waals surface area contributed by atoms with E-state index in [4.69, 9.17) is 4.99 Å². The van der Waals surface area contributed by atoms with E-state index in [1.54, 1.807) is 6.07 Å². The zero-order chi connectivity index (χ0) is 20.0. The van der Waals surface area contributed by atoms with Gasteiger partial charge in [-0.3, -0.25) is 9.79 Å². The summed E-state index contributed by atoms with van der Waals surface area (Å²) in [5.41, 5.74) is 8.60. The summed E-state index contributed by atoms with van der Waals surface area (Å²) < 4.78 is 0. The second kappa shape index (κ2) is 6.84. The van der Waals surface area contributed by atoms with Gasteiger partial charge in [0.05, 0.1) is 0 Å². The Balaban J connectivity index is 1.62. The maximum atomic E-state index is 12.0. The number of allylic oxidation sites excluding steroid dienone is 4. The van der Waals surface area contributed by atoms with Crippen LogP contribution in [0.1, 0.15) is 49.1 Å². The Bertz CT molecular complexity index is 1160. The summed E-state index contributed by atoms with van der Waals surface area (Å²) in [6.45, 7) is 4.31. The van der Waals surface area contributed by atoms with Gasteiger partial charge in [0, 0.05) is 35.9 Å². The lowest BCUT2D eigenvalue weighted by molar-refractivity contribution is 0.413. The van der Waals surface area contributed by atoms with E-state index in [2.05, 4.69) is 61.3 Å². The Morgan fingerprint density at radius 2 is 2.03 bits per heavy atom. The molecule has 146 valence electrons. The molecule has 2 atom stereocenters. The van der Waals surface area contributed by atoms with E-state index in [-0.39, 0.29) is 5.56 Å². The number of nitrogens with zero attached hydrogens (tertiary/aromatic N) is 1. The molecule has 2 aromatic rings. The van der Waals surface area contributed by atoms with Crippen LogP contribution >= 0.6 is 0 Å². The molecule has 0 radical (unpaired) electrons. The van der Waals surface area contributed by atoms with E-state index in [0.717, 1.165) is 36.9 Å². The van der Waals surface area contributed by atoms with E-state index < -0.39 is 5.54 Å². The third-order valence-corrected chi connectivity index (χ3v) is 6.68. The molecule has 3 heteroatoms. The van der Waals surface area contributed by atoms with Crippen molar-refractivity contribution in [1.29, 1.82) is 0 Å². The zero-order valence-corrected chi connectivity index (χ0v) is 17.0. The highest BCUT2D eigenvalue weighted by atomic mass is 16.1. The maximum absolute atomic E-state index is 12.0. The van der Waals surface area contributed by atoms with Crippen molar-refractivity contribution in [3.8, 4) is 0 Å². The van der Waals surface area contributed by atoms with Gasteiger partial charge < -0.3 is 4.98 Å². The average Bonchev–Trinajstić information content (AvgIpc) is 3.10. The molecule has 0 spiro atoms. The standard InChI is InChI=1S/C26H26N2O/c1-3-22-20-14-17(2)16-26(22,23-10-11-25(29)28-24(23)15-20)27-13-12-19-9-8-18-6-4-5-7-21(18)19/h3-7,10-14,20H,8-9,15-16H2,1-2H3,(H,28,29)/b19-12-,22-3+,27-13?. The fraction of sp³-hybridized carbons (Fsp3) is 0.308. The highest BCUT2D eigenvalue weighted by molar-refractivity contribution is 5.87. The van der Waals surface area contributed by atoms with Crippen molar-refractivity contribution < 1.29 is 0 Å². The lowest BCUT2D eigenvalue weighted by Crippen LogP contribution is -2.40. The van der Waals surface area contributed by atoms with E-state index in [1.165, 1.54) is 27.8 Å². The largest absolute Gasteiger partial charge is 0.326 e. The first-order chi connectivity index (χ1) is 14.1. The smallest absolute Gasteiger partial charge is 0.248 e. The predicted octanol–water partition coefficient (Wildman–Crippen LogP) is 5.14. The van der Waals surface area contributed by atoms with E-state index in [1.807, 2.05) is 12.3 Å². The highest BCUT2D eigenvalue weighted by Crippen LogP contribution is 2.51. The van der Waals surface area contributed by atoms with Gasteiger partial charge in [0.1, 0.15) is 5.54 Å². The van der Waals surface area contributed by atoms with Crippen molar-refractivity contribution in [2.75, 3.05) is 0 Å².